The number of nitrogens with zero attached hydrogens (tertiary/aromatic N) is 1. The van der Waals surface area contributed by atoms with Crippen LogP contribution in [0.25, 0.3) is 0 Å². The molecule has 0 atom stereocenters. The fourth-order valence-electron chi connectivity index (χ4n) is 2.72. The van der Waals surface area contributed by atoms with Crippen molar-refractivity contribution in [3.05, 3.63) is 52.3 Å². The molecule has 152 valence electrons. The Bertz CT molecular complexity index is 781. The van der Waals surface area contributed by atoms with Gasteiger partial charge in [-0.1, -0.05) is 17.7 Å². The molecular weight excluding hydrogens is 385 g/mol. The number of carbonyl (C=O) groups excluding carboxylic acids is 1. The molecule has 0 aromatic heterocycles. The summed E-state index contributed by atoms with van der Waals surface area (Å²) in [5, 5.41) is 0.274. The first kappa shape index (κ1) is 21.8. The van der Waals surface area contributed by atoms with Crippen LogP contribution >= 0.6 is 11.6 Å². The third-order valence-electron chi connectivity index (χ3n) is 3.96. The van der Waals surface area contributed by atoms with Crippen LogP contribution in [-0.4, -0.2) is 37.7 Å². The molecule has 0 fully saturated rings. The van der Waals surface area contributed by atoms with Crippen LogP contribution in [0, 0.1) is 5.82 Å². The van der Waals surface area contributed by atoms with Crippen molar-refractivity contribution >= 4 is 17.5 Å². The van der Waals surface area contributed by atoms with Gasteiger partial charge < -0.3 is 19.1 Å². The lowest BCUT2D eigenvalue weighted by molar-refractivity contribution is 0.0782. The maximum Gasteiger partial charge on any atom is 0.254 e. The maximum atomic E-state index is 14.1. The van der Waals surface area contributed by atoms with Crippen molar-refractivity contribution in [3.8, 4) is 17.2 Å². The zero-order valence-corrected chi connectivity index (χ0v) is 17.3. The lowest BCUT2D eigenvalue weighted by atomic mass is 10.1. The van der Waals surface area contributed by atoms with Gasteiger partial charge in [-0.15, -0.1) is 0 Å². The second-order valence-corrected chi connectivity index (χ2v) is 6.37. The molecule has 0 heterocycles. The lowest BCUT2D eigenvalue weighted by Crippen LogP contribution is -2.27. The quantitative estimate of drug-likeness (QED) is 0.588. The average molecular weight is 410 g/mol. The van der Waals surface area contributed by atoms with Crippen molar-refractivity contribution in [1.82, 2.24) is 4.90 Å². The lowest BCUT2D eigenvalue weighted by Gasteiger charge is -2.21. The minimum Gasteiger partial charge on any atom is -0.490 e. The van der Waals surface area contributed by atoms with Crippen LogP contribution in [-0.2, 0) is 6.54 Å². The summed E-state index contributed by atoms with van der Waals surface area (Å²) in [5.41, 5.74) is 0.617. The molecule has 0 radical (unpaired) electrons. The van der Waals surface area contributed by atoms with Gasteiger partial charge in [0.15, 0.2) is 11.5 Å². The van der Waals surface area contributed by atoms with Crippen LogP contribution in [0.1, 0.15) is 36.7 Å². The molecule has 0 saturated carbocycles. The smallest absolute Gasteiger partial charge is 0.254 e. The summed E-state index contributed by atoms with van der Waals surface area (Å²) in [7, 11) is 1.59. The first-order chi connectivity index (χ1) is 13.4. The standard InChI is InChI=1S/C21H25ClFNO4/c1-5-26-18-11-14(12-19(27-6-2)20(18)28-7-3)21(25)24(4)13-15-16(22)9-8-10-17(15)23/h8-12H,5-7,13H2,1-4H3. The Balaban J connectivity index is 2.37. The Morgan fingerprint density at radius 1 is 1.04 bits per heavy atom. The highest BCUT2D eigenvalue weighted by Crippen LogP contribution is 2.39. The predicted octanol–water partition coefficient (Wildman–Crippen LogP) is 4.95. The van der Waals surface area contributed by atoms with E-state index in [1.54, 1.807) is 25.2 Å². The molecule has 0 aliphatic heterocycles. The second kappa shape index (κ2) is 10.2. The molecule has 0 bridgehead atoms. The minimum absolute atomic E-state index is 0.0332. The number of hydrogen-bond donors (Lipinski definition) is 0. The Kier molecular flexibility index (Phi) is 7.93. The number of carbonyl (C=O) groups is 1. The van der Waals surface area contributed by atoms with Gasteiger partial charge in [-0.05, 0) is 45.0 Å². The van der Waals surface area contributed by atoms with Crippen LogP contribution in [0.15, 0.2) is 30.3 Å². The van der Waals surface area contributed by atoms with Gasteiger partial charge >= 0.3 is 0 Å². The number of amides is 1. The summed E-state index contributed by atoms with van der Waals surface area (Å²) in [6, 6.07) is 7.65. The van der Waals surface area contributed by atoms with Gasteiger partial charge in [0, 0.05) is 29.7 Å². The van der Waals surface area contributed by atoms with Crippen LogP contribution in [0.2, 0.25) is 5.02 Å². The molecule has 0 aliphatic rings. The van der Waals surface area contributed by atoms with Gasteiger partial charge in [0.1, 0.15) is 5.82 Å². The van der Waals surface area contributed by atoms with Crippen LogP contribution < -0.4 is 14.2 Å². The van der Waals surface area contributed by atoms with E-state index in [1.807, 2.05) is 20.8 Å². The summed E-state index contributed by atoms with van der Waals surface area (Å²) in [5.74, 6) is 0.544. The monoisotopic (exact) mass is 409 g/mol. The normalized spacial score (nSPS) is 10.5. The van der Waals surface area contributed by atoms with Crippen molar-refractivity contribution in [3.63, 3.8) is 0 Å². The molecule has 0 saturated heterocycles. The summed E-state index contributed by atoms with van der Waals surface area (Å²) in [6.45, 7) is 6.82. The Morgan fingerprint density at radius 2 is 1.61 bits per heavy atom. The molecule has 2 rings (SSSR count). The Labute approximate surface area is 170 Å². The van der Waals surface area contributed by atoms with E-state index < -0.39 is 5.82 Å². The van der Waals surface area contributed by atoms with Crippen molar-refractivity contribution < 1.29 is 23.4 Å². The topological polar surface area (TPSA) is 48.0 Å². The number of benzene rings is 2. The summed E-state index contributed by atoms with van der Waals surface area (Å²) >= 11 is 6.08. The highest BCUT2D eigenvalue weighted by molar-refractivity contribution is 6.31. The number of ether oxygens (including phenoxy) is 3. The van der Waals surface area contributed by atoms with Crippen LogP contribution in [0.5, 0.6) is 17.2 Å². The first-order valence-electron chi connectivity index (χ1n) is 9.17. The number of halogens is 2. The van der Waals surface area contributed by atoms with Crippen molar-refractivity contribution in [2.75, 3.05) is 26.9 Å². The van der Waals surface area contributed by atoms with Crippen LogP contribution in [0.4, 0.5) is 4.39 Å². The van der Waals surface area contributed by atoms with Gasteiger partial charge in [-0.3, -0.25) is 4.79 Å². The van der Waals surface area contributed by atoms with E-state index in [9.17, 15) is 9.18 Å². The fraction of sp³-hybridized carbons (Fsp3) is 0.381. The molecule has 0 N–H and O–H groups in total. The van der Waals surface area contributed by atoms with E-state index in [4.69, 9.17) is 25.8 Å². The number of rotatable bonds is 9. The maximum absolute atomic E-state index is 14.1. The first-order valence-corrected chi connectivity index (χ1v) is 9.55. The molecular formula is C21H25ClFNO4. The molecule has 0 aliphatic carbocycles. The predicted molar refractivity (Wildman–Crippen MR) is 107 cm³/mol. The van der Waals surface area contributed by atoms with E-state index in [1.165, 1.54) is 17.0 Å². The van der Waals surface area contributed by atoms with E-state index in [0.717, 1.165) is 0 Å². The van der Waals surface area contributed by atoms with E-state index >= 15 is 0 Å². The van der Waals surface area contributed by atoms with Crippen molar-refractivity contribution in [1.29, 1.82) is 0 Å². The molecule has 28 heavy (non-hydrogen) atoms. The highest BCUT2D eigenvalue weighted by Gasteiger charge is 2.21. The fourth-order valence-corrected chi connectivity index (χ4v) is 2.95. The zero-order chi connectivity index (χ0) is 20.7. The Hall–Kier alpha value is -2.47. The summed E-state index contributed by atoms with van der Waals surface area (Å²) in [4.78, 5) is 14.4. The van der Waals surface area contributed by atoms with Gasteiger partial charge in [0.05, 0.1) is 19.8 Å². The number of hydrogen-bond acceptors (Lipinski definition) is 4. The van der Waals surface area contributed by atoms with Crippen LogP contribution in [0.3, 0.4) is 0 Å². The summed E-state index contributed by atoms with van der Waals surface area (Å²) < 4.78 is 31.0. The highest BCUT2D eigenvalue weighted by atomic mass is 35.5. The van der Waals surface area contributed by atoms with Gasteiger partial charge in [-0.25, -0.2) is 4.39 Å². The summed E-state index contributed by atoms with van der Waals surface area (Å²) in [6.07, 6.45) is 0. The van der Waals surface area contributed by atoms with Gasteiger partial charge in [0.2, 0.25) is 5.75 Å². The second-order valence-electron chi connectivity index (χ2n) is 5.96. The SMILES string of the molecule is CCOc1cc(C(=O)N(C)Cc2c(F)cccc2Cl)cc(OCC)c1OCC. The zero-order valence-electron chi connectivity index (χ0n) is 16.6. The largest absolute Gasteiger partial charge is 0.490 e. The molecule has 7 heteroatoms. The molecule has 2 aromatic rings. The molecule has 2 aromatic carbocycles. The minimum atomic E-state index is -0.455. The molecule has 1 amide bonds. The third-order valence-corrected chi connectivity index (χ3v) is 4.31. The molecule has 0 unspecified atom stereocenters. The Morgan fingerprint density at radius 3 is 2.11 bits per heavy atom. The van der Waals surface area contributed by atoms with Crippen molar-refractivity contribution in [2.45, 2.75) is 27.3 Å². The van der Waals surface area contributed by atoms with E-state index in [2.05, 4.69) is 0 Å². The van der Waals surface area contributed by atoms with E-state index in [-0.39, 0.29) is 23.0 Å². The van der Waals surface area contributed by atoms with Gasteiger partial charge in [-0.2, -0.15) is 0 Å². The van der Waals surface area contributed by atoms with E-state index in [0.29, 0.717) is 42.6 Å². The van der Waals surface area contributed by atoms with Gasteiger partial charge in [0.25, 0.3) is 5.91 Å². The molecule has 0 spiro atoms. The molecule has 5 nitrogen and oxygen atoms in total. The van der Waals surface area contributed by atoms with Crippen molar-refractivity contribution in [2.24, 2.45) is 0 Å². The third kappa shape index (κ3) is 5.07. The average Bonchev–Trinajstić information content (AvgIpc) is 2.66.